The molecule has 0 bridgehead atoms. The molecule has 1 aromatic carbocycles. The lowest BCUT2D eigenvalue weighted by Crippen LogP contribution is -2.41. The average Bonchev–Trinajstić information content (AvgIpc) is 2.66. The number of methoxy groups -OCH3 is 1. The van der Waals surface area contributed by atoms with Gasteiger partial charge < -0.3 is 14.4 Å². The summed E-state index contributed by atoms with van der Waals surface area (Å²) in [6, 6.07) is 13.1. The Morgan fingerprint density at radius 3 is 2.40 bits per heavy atom. The lowest BCUT2D eigenvalue weighted by molar-refractivity contribution is 0.0589. The maximum Gasteiger partial charge on any atom is 0.255 e. The SMILES string of the molecule is CCC(CC)N(CCOC)C(=O)c1ccc(Oc2ccccc2)nc1. The topological polar surface area (TPSA) is 51.7 Å². The number of hydrogen-bond donors (Lipinski definition) is 0. The van der Waals surface area contributed by atoms with E-state index < -0.39 is 0 Å². The molecule has 0 atom stereocenters. The molecule has 5 nitrogen and oxygen atoms in total. The molecule has 0 radical (unpaired) electrons. The van der Waals surface area contributed by atoms with Crippen LogP contribution in [0.3, 0.4) is 0 Å². The quantitative estimate of drug-likeness (QED) is 0.687. The number of rotatable bonds is 9. The molecule has 0 unspecified atom stereocenters. The third-order valence-electron chi connectivity index (χ3n) is 4.13. The molecule has 0 N–H and O–H groups in total. The second-order valence-electron chi connectivity index (χ2n) is 5.76. The number of benzene rings is 1. The summed E-state index contributed by atoms with van der Waals surface area (Å²) in [4.78, 5) is 19.0. The summed E-state index contributed by atoms with van der Waals surface area (Å²) in [5.41, 5.74) is 0.559. The van der Waals surface area contributed by atoms with Gasteiger partial charge in [-0.15, -0.1) is 0 Å². The highest BCUT2D eigenvalue weighted by atomic mass is 16.5. The summed E-state index contributed by atoms with van der Waals surface area (Å²) in [7, 11) is 1.65. The van der Waals surface area contributed by atoms with Crippen LogP contribution >= 0.6 is 0 Å². The van der Waals surface area contributed by atoms with Crippen LogP contribution in [0.2, 0.25) is 0 Å². The van der Waals surface area contributed by atoms with Crippen molar-refractivity contribution in [1.82, 2.24) is 9.88 Å². The first-order valence-electron chi connectivity index (χ1n) is 8.68. The molecular weight excluding hydrogens is 316 g/mol. The van der Waals surface area contributed by atoms with E-state index in [-0.39, 0.29) is 11.9 Å². The van der Waals surface area contributed by atoms with E-state index in [9.17, 15) is 4.79 Å². The highest BCUT2D eigenvalue weighted by Gasteiger charge is 2.22. The average molecular weight is 342 g/mol. The van der Waals surface area contributed by atoms with Crippen LogP contribution in [0.25, 0.3) is 0 Å². The zero-order chi connectivity index (χ0) is 18.1. The zero-order valence-corrected chi connectivity index (χ0v) is 15.1. The summed E-state index contributed by atoms with van der Waals surface area (Å²) in [6.07, 6.45) is 3.39. The molecule has 0 saturated heterocycles. The number of para-hydroxylation sites is 1. The maximum absolute atomic E-state index is 12.9. The lowest BCUT2D eigenvalue weighted by atomic mass is 10.1. The van der Waals surface area contributed by atoms with Gasteiger partial charge in [0.2, 0.25) is 5.88 Å². The standard InChI is InChI=1S/C20H26N2O3/c1-4-17(5-2)22(13-14-24-3)20(23)16-11-12-19(21-15-16)25-18-9-7-6-8-10-18/h6-12,15,17H,4-5,13-14H2,1-3H3. The minimum Gasteiger partial charge on any atom is -0.439 e. The third-order valence-corrected chi connectivity index (χ3v) is 4.13. The van der Waals surface area contributed by atoms with Crippen LogP contribution in [0.1, 0.15) is 37.0 Å². The first-order chi connectivity index (χ1) is 12.2. The van der Waals surface area contributed by atoms with Gasteiger partial charge in [-0.2, -0.15) is 0 Å². The van der Waals surface area contributed by atoms with Gasteiger partial charge >= 0.3 is 0 Å². The molecule has 1 amide bonds. The molecule has 1 heterocycles. The van der Waals surface area contributed by atoms with Crippen molar-refractivity contribution in [3.8, 4) is 11.6 Å². The van der Waals surface area contributed by atoms with E-state index in [2.05, 4.69) is 18.8 Å². The molecule has 0 aliphatic carbocycles. The molecule has 0 saturated carbocycles. The Labute approximate surface area is 149 Å². The summed E-state index contributed by atoms with van der Waals surface area (Å²) in [5, 5.41) is 0. The first kappa shape index (κ1) is 18.9. The molecule has 5 heteroatoms. The highest BCUT2D eigenvalue weighted by molar-refractivity contribution is 5.94. The normalized spacial score (nSPS) is 10.7. The molecule has 0 aliphatic rings. The molecule has 25 heavy (non-hydrogen) atoms. The predicted molar refractivity (Wildman–Crippen MR) is 98.0 cm³/mol. The Morgan fingerprint density at radius 1 is 1.12 bits per heavy atom. The zero-order valence-electron chi connectivity index (χ0n) is 15.1. The van der Waals surface area contributed by atoms with Crippen molar-refractivity contribution < 1.29 is 14.3 Å². The van der Waals surface area contributed by atoms with Crippen molar-refractivity contribution in [2.75, 3.05) is 20.3 Å². The fourth-order valence-corrected chi connectivity index (χ4v) is 2.71. The van der Waals surface area contributed by atoms with E-state index in [1.54, 1.807) is 25.4 Å². The van der Waals surface area contributed by atoms with Crippen LogP contribution in [-0.2, 0) is 4.74 Å². The van der Waals surface area contributed by atoms with Crippen LogP contribution in [0.4, 0.5) is 0 Å². The summed E-state index contributed by atoms with van der Waals surface area (Å²) >= 11 is 0. The number of aromatic nitrogens is 1. The predicted octanol–water partition coefficient (Wildman–Crippen LogP) is 4.15. The molecule has 0 spiro atoms. The van der Waals surface area contributed by atoms with Crippen molar-refractivity contribution in [3.63, 3.8) is 0 Å². The van der Waals surface area contributed by atoms with Gasteiger partial charge in [0.05, 0.1) is 12.2 Å². The van der Waals surface area contributed by atoms with Crippen molar-refractivity contribution in [1.29, 1.82) is 0 Å². The van der Waals surface area contributed by atoms with Crippen molar-refractivity contribution >= 4 is 5.91 Å². The minimum atomic E-state index is -0.0236. The van der Waals surface area contributed by atoms with E-state index in [0.29, 0.717) is 30.3 Å². The van der Waals surface area contributed by atoms with Crippen molar-refractivity contribution in [2.24, 2.45) is 0 Å². The van der Waals surface area contributed by atoms with Gasteiger partial charge in [-0.25, -0.2) is 4.98 Å². The van der Waals surface area contributed by atoms with Crippen LogP contribution in [0, 0.1) is 0 Å². The molecule has 1 aromatic heterocycles. The van der Waals surface area contributed by atoms with E-state index in [1.165, 1.54) is 0 Å². The van der Waals surface area contributed by atoms with Crippen molar-refractivity contribution in [3.05, 3.63) is 54.2 Å². The molecule has 2 aromatic rings. The smallest absolute Gasteiger partial charge is 0.255 e. The second kappa shape index (κ2) is 9.79. The number of hydrogen-bond acceptors (Lipinski definition) is 4. The van der Waals surface area contributed by atoms with Gasteiger partial charge in [-0.3, -0.25) is 4.79 Å². The number of pyridine rings is 1. The summed E-state index contributed by atoms with van der Waals surface area (Å²) in [5.74, 6) is 1.16. The Morgan fingerprint density at radius 2 is 1.84 bits per heavy atom. The monoisotopic (exact) mass is 342 g/mol. The van der Waals surface area contributed by atoms with E-state index in [1.807, 2.05) is 35.2 Å². The van der Waals surface area contributed by atoms with Gasteiger partial charge in [0.1, 0.15) is 5.75 Å². The Bertz CT molecular complexity index is 640. The van der Waals surface area contributed by atoms with Gasteiger partial charge in [-0.05, 0) is 31.0 Å². The number of amides is 1. The largest absolute Gasteiger partial charge is 0.439 e. The summed E-state index contributed by atoms with van der Waals surface area (Å²) in [6.45, 7) is 5.28. The van der Waals surface area contributed by atoms with Gasteiger partial charge in [0, 0.05) is 32.0 Å². The van der Waals surface area contributed by atoms with Crippen LogP contribution in [0.5, 0.6) is 11.6 Å². The Balaban J connectivity index is 2.11. The van der Waals surface area contributed by atoms with E-state index in [0.717, 1.165) is 12.8 Å². The number of carbonyl (C=O) groups is 1. The fourth-order valence-electron chi connectivity index (χ4n) is 2.71. The lowest BCUT2D eigenvalue weighted by Gasteiger charge is -2.30. The minimum absolute atomic E-state index is 0.0236. The van der Waals surface area contributed by atoms with Gasteiger partial charge in [0.25, 0.3) is 5.91 Å². The van der Waals surface area contributed by atoms with Crippen molar-refractivity contribution in [2.45, 2.75) is 32.7 Å². The molecule has 2 rings (SSSR count). The molecular formula is C20H26N2O3. The maximum atomic E-state index is 12.9. The summed E-state index contributed by atoms with van der Waals surface area (Å²) < 4.78 is 10.8. The fraction of sp³-hybridized carbons (Fsp3) is 0.400. The van der Waals surface area contributed by atoms with Gasteiger partial charge in [0.15, 0.2) is 0 Å². The molecule has 134 valence electrons. The highest BCUT2D eigenvalue weighted by Crippen LogP contribution is 2.20. The third kappa shape index (κ3) is 5.29. The van der Waals surface area contributed by atoms with Crippen LogP contribution in [0.15, 0.2) is 48.7 Å². The Kier molecular flexibility index (Phi) is 7.41. The number of ether oxygens (including phenoxy) is 2. The number of carbonyl (C=O) groups excluding carboxylic acids is 1. The van der Waals surface area contributed by atoms with Gasteiger partial charge in [-0.1, -0.05) is 32.0 Å². The van der Waals surface area contributed by atoms with Crippen LogP contribution in [-0.4, -0.2) is 42.1 Å². The number of nitrogens with zero attached hydrogens (tertiary/aromatic N) is 2. The van der Waals surface area contributed by atoms with E-state index in [4.69, 9.17) is 9.47 Å². The second-order valence-corrected chi connectivity index (χ2v) is 5.76. The first-order valence-corrected chi connectivity index (χ1v) is 8.68. The van der Waals surface area contributed by atoms with E-state index >= 15 is 0 Å². The van der Waals surface area contributed by atoms with Crippen LogP contribution < -0.4 is 4.74 Å². The molecule has 0 fully saturated rings. The molecule has 0 aliphatic heterocycles. The Hall–Kier alpha value is -2.40.